The number of hydrogen-bond acceptors (Lipinski definition) is 6. The summed E-state index contributed by atoms with van der Waals surface area (Å²) < 4.78 is 34.9. The second-order valence-electron chi connectivity index (χ2n) is 8.31. The molecule has 8 nitrogen and oxygen atoms in total. The first-order chi connectivity index (χ1) is 17.6. The van der Waals surface area contributed by atoms with Gasteiger partial charge in [0.25, 0.3) is 5.91 Å². The highest BCUT2D eigenvalue weighted by molar-refractivity contribution is 7.89. The van der Waals surface area contributed by atoms with Crippen molar-refractivity contribution in [2.75, 3.05) is 20.2 Å². The maximum absolute atomic E-state index is 13.2. The molecule has 0 atom stereocenters. The van der Waals surface area contributed by atoms with Gasteiger partial charge in [0.1, 0.15) is 6.54 Å². The molecule has 1 aromatic heterocycles. The Kier molecular flexibility index (Phi) is 10.3. The highest BCUT2D eigenvalue weighted by Crippen LogP contribution is 2.32. The third kappa shape index (κ3) is 6.80. The molecule has 3 aromatic rings. The average molecular weight is 587 g/mol. The highest BCUT2D eigenvalue weighted by Gasteiger charge is 2.24. The van der Waals surface area contributed by atoms with Gasteiger partial charge in [-0.2, -0.15) is 9.30 Å². The predicted octanol–water partition coefficient (Wildman–Crippen LogP) is 5.51. The van der Waals surface area contributed by atoms with E-state index in [9.17, 15) is 18.0 Å². The summed E-state index contributed by atoms with van der Waals surface area (Å²) in [5.41, 5.74) is 0.677. The normalized spacial score (nSPS) is 12.4. The van der Waals surface area contributed by atoms with Crippen LogP contribution in [0.1, 0.15) is 49.9 Å². The number of methoxy groups -OCH3 is 1. The molecule has 0 saturated heterocycles. The number of nitrogens with zero attached hydrogens (tertiary/aromatic N) is 3. The number of unbranched alkanes of at least 4 members (excludes halogenated alkanes) is 2. The fourth-order valence-electron chi connectivity index (χ4n) is 3.62. The molecular formula is C25H29Cl2N3O5S2. The van der Waals surface area contributed by atoms with E-state index in [0.717, 1.165) is 25.7 Å². The number of carbonyl (C=O) groups excluding carboxylic acids is 2. The summed E-state index contributed by atoms with van der Waals surface area (Å²) in [6.45, 7) is 4.72. The van der Waals surface area contributed by atoms with Gasteiger partial charge < -0.3 is 9.30 Å². The lowest BCUT2D eigenvalue weighted by atomic mass is 10.2. The molecule has 0 fully saturated rings. The van der Waals surface area contributed by atoms with Crippen molar-refractivity contribution in [1.29, 1.82) is 0 Å². The first-order valence-corrected chi connectivity index (χ1v) is 14.9. The van der Waals surface area contributed by atoms with E-state index in [2.05, 4.69) is 4.99 Å². The molecule has 2 aromatic carbocycles. The van der Waals surface area contributed by atoms with E-state index in [1.54, 1.807) is 12.1 Å². The minimum atomic E-state index is -3.69. The highest BCUT2D eigenvalue weighted by atomic mass is 35.5. The van der Waals surface area contributed by atoms with Crippen LogP contribution in [0.3, 0.4) is 0 Å². The lowest BCUT2D eigenvalue weighted by Gasteiger charge is -2.22. The van der Waals surface area contributed by atoms with Crippen molar-refractivity contribution in [2.24, 2.45) is 4.99 Å². The summed E-state index contributed by atoms with van der Waals surface area (Å²) in [5.74, 6) is -1.14. The van der Waals surface area contributed by atoms with Crippen LogP contribution in [0.25, 0.3) is 10.2 Å². The van der Waals surface area contributed by atoms with Crippen molar-refractivity contribution in [3.05, 3.63) is 56.8 Å². The molecule has 0 N–H and O–H groups in total. The Hall–Kier alpha value is -2.24. The number of fused-ring (bicyclic) bond motifs is 1. The van der Waals surface area contributed by atoms with Gasteiger partial charge in [0, 0.05) is 18.7 Å². The molecule has 3 rings (SSSR count). The number of hydrogen-bond donors (Lipinski definition) is 0. The molecule has 0 bridgehead atoms. The maximum atomic E-state index is 13.2. The fourth-order valence-corrected chi connectivity index (χ4v) is 6.65. The Labute approximate surface area is 230 Å². The van der Waals surface area contributed by atoms with Crippen LogP contribution in [0.2, 0.25) is 10.0 Å². The van der Waals surface area contributed by atoms with Gasteiger partial charge in [0.2, 0.25) is 10.0 Å². The SMILES string of the molecule is CCCCN(CCCC)S(=O)(=O)c1ccc(C(=O)N=c2sc3ccc(Cl)c(Cl)c3n2CC(=O)OC)cc1. The first-order valence-electron chi connectivity index (χ1n) is 11.9. The van der Waals surface area contributed by atoms with E-state index in [1.165, 1.54) is 51.6 Å². The molecule has 0 aliphatic rings. The van der Waals surface area contributed by atoms with Crippen molar-refractivity contribution in [3.8, 4) is 0 Å². The van der Waals surface area contributed by atoms with Crippen molar-refractivity contribution >= 4 is 66.7 Å². The summed E-state index contributed by atoms with van der Waals surface area (Å²) in [5, 5.41) is 0.533. The van der Waals surface area contributed by atoms with Gasteiger partial charge in [0.15, 0.2) is 4.80 Å². The second-order valence-corrected chi connectivity index (χ2v) is 12.0. The van der Waals surface area contributed by atoms with Gasteiger partial charge in [-0.15, -0.1) is 0 Å². The van der Waals surface area contributed by atoms with Gasteiger partial charge in [0.05, 0.1) is 32.3 Å². The van der Waals surface area contributed by atoms with Crippen LogP contribution in [0.4, 0.5) is 0 Å². The van der Waals surface area contributed by atoms with Gasteiger partial charge in [-0.1, -0.05) is 61.2 Å². The molecule has 0 spiro atoms. The Morgan fingerprint density at radius 3 is 2.22 bits per heavy atom. The van der Waals surface area contributed by atoms with Gasteiger partial charge >= 0.3 is 5.97 Å². The average Bonchev–Trinajstić information content (AvgIpc) is 3.23. The number of thiazole rings is 1. The van der Waals surface area contributed by atoms with Crippen LogP contribution in [0.5, 0.6) is 0 Å². The largest absolute Gasteiger partial charge is 0.468 e. The standard InChI is InChI=1S/C25H29Cl2N3O5S2/c1-4-6-14-29(15-7-5-2)37(33,34)18-10-8-17(9-11-18)24(32)28-25-30(16-21(31)35-3)23-20(36-25)13-12-19(26)22(23)27/h8-13H,4-7,14-16H2,1-3H3. The van der Waals surface area contributed by atoms with Crippen molar-refractivity contribution in [1.82, 2.24) is 8.87 Å². The van der Waals surface area contributed by atoms with Gasteiger partial charge in [-0.3, -0.25) is 9.59 Å². The minimum Gasteiger partial charge on any atom is -0.468 e. The zero-order chi connectivity index (χ0) is 27.2. The van der Waals surface area contributed by atoms with Gasteiger partial charge in [-0.05, 0) is 49.2 Å². The summed E-state index contributed by atoms with van der Waals surface area (Å²) >= 11 is 13.7. The van der Waals surface area contributed by atoms with E-state index >= 15 is 0 Å². The maximum Gasteiger partial charge on any atom is 0.325 e. The van der Waals surface area contributed by atoms with Crippen molar-refractivity contribution in [3.63, 3.8) is 0 Å². The molecule has 200 valence electrons. The summed E-state index contributed by atoms with van der Waals surface area (Å²) in [6.07, 6.45) is 3.32. The van der Waals surface area contributed by atoms with Crippen molar-refractivity contribution < 1.29 is 22.7 Å². The summed E-state index contributed by atoms with van der Waals surface area (Å²) in [6, 6.07) is 9.09. The lowest BCUT2D eigenvalue weighted by molar-refractivity contribution is -0.141. The zero-order valence-corrected chi connectivity index (χ0v) is 24.0. The summed E-state index contributed by atoms with van der Waals surface area (Å²) in [4.78, 5) is 29.6. The van der Waals surface area contributed by atoms with Gasteiger partial charge in [-0.25, -0.2) is 8.42 Å². The number of benzene rings is 2. The molecule has 0 unspecified atom stereocenters. The fraction of sp³-hybridized carbons (Fsp3) is 0.400. The molecule has 0 radical (unpaired) electrons. The Balaban J connectivity index is 1.97. The second kappa shape index (κ2) is 13.0. The number of esters is 1. The number of amides is 1. The Morgan fingerprint density at radius 1 is 1.03 bits per heavy atom. The molecule has 0 aliphatic carbocycles. The lowest BCUT2D eigenvalue weighted by Crippen LogP contribution is -2.33. The smallest absolute Gasteiger partial charge is 0.325 e. The molecular weight excluding hydrogens is 557 g/mol. The molecule has 1 heterocycles. The molecule has 0 saturated carbocycles. The number of aromatic nitrogens is 1. The number of sulfonamides is 1. The van der Waals surface area contributed by atoms with E-state index in [4.69, 9.17) is 27.9 Å². The van der Waals surface area contributed by atoms with E-state index < -0.39 is 21.9 Å². The zero-order valence-electron chi connectivity index (χ0n) is 20.9. The monoisotopic (exact) mass is 585 g/mol. The molecule has 0 aliphatic heterocycles. The van der Waals surface area contributed by atoms with E-state index in [1.807, 2.05) is 13.8 Å². The van der Waals surface area contributed by atoms with E-state index in [-0.39, 0.29) is 26.8 Å². The topological polar surface area (TPSA) is 98.0 Å². The molecule has 12 heteroatoms. The number of ether oxygens (including phenoxy) is 1. The third-order valence-corrected chi connectivity index (χ3v) is 9.46. The van der Waals surface area contributed by atoms with Crippen LogP contribution < -0.4 is 4.80 Å². The van der Waals surface area contributed by atoms with Crippen LogP contribution in [-0.4, -0.2) is 49.4 Å². The quantitative estimate of drug-likeness (QED) is 0.276. The Morgan fingerprint density at radius 2 is 1.65 bits per heavy atom. The molecule has 37 heavy (non-hydrogen) atoms. The number of halogens is 2. The van der Waals surface area contributed by atoms with Crippen LogP contribution >= 0.6 is 34.5 Å². The van der Waals surface area contributed by atoms with Crippen LogP contribution in [-0.2, 0) is 26.1 Å². The van der Waals surface area contributed by atoms with E-state index in [0.29, 0.717) is 28.3 Å². The third-order valence-electron chi connectivity index (χ3n) is 5.71. The predicted molar refractivity (Wildman–Crippen MR) is 147 cm³/mol. The van der Waals surface area contributed by atoms with Crippen molar-refractivity contribution in [2.45, 2.75) is 51.0 Å². The molecule has 1 amide bonds. The summed E-state index contributed by atoms with van der Waals surface area (Å²) in [7, 11) is -2.43. The Bertz CT molecular complexity index is 1440. The number of rotatable bonds is 11. The number of carbonyl (C=O) groups is 2. The van der Waals surface area contributed by atoms with Crippen LogP contribution in [0, 0.1) is 0 Å². The van der Waals surface area contributed by atoms with Crippen LogP contribution in [0.15, 0.2) is 46.3 Å². The minimum absolute atomic E-state index is 0.125. The first kappa shape index (κ1) is 29.3.